The van der Waals surface area contributed by atoms with Crippen LogP contribution in [0.3, 0.4) is 0 Å². The molecule has 2 N–H and O–H groups in total. The maximum absolute atomic E-state index is 13.0. The first-order chi connectivity index (χ1) is 8.42. The molecule has 3 nitrogen and oxygen atoms in total. The van der Waals surface area contributed by atoms with Gasteiger partial charge in [-0.1, -0.05) is 0 Å². The summed E-state index contributed by atoms with van der Waals surface area (Å²) in [6.45, 7) is 0.400. The molecule has 0 heterocycles. The molecule has 0 spiro atoms. The molecule has 0 saturated heterocycles. The largest absolute Gasteiger partial charge is 0.460 e. The molecule has 0 aliphatic rings. The number of ketones is 1. The Morgan fingerprint density at radius 1 is 0.800 bits per heavy atom. The number of halogens is 9. The number of alkyl halides is 9. The molecule has 0 aliphatic carbocycles. The number of aliphatic hydroxyl groups is 2. The van der Waals surface area contributed by atoms with Crippen LogP contribution in [0.5, 0.6) is 0 Å². The molecule has 0 aromatic rings. The molecular formula is C8H7F9O3. The Bertz CT molecular complexity index is 385. The number of hydrogen-bond acceptors (Lipinski definition) is 3. The zero-order chi connectivity index (χ0) is 16.8. The Morgan fingerprint density at radius 3 is 1.40 bits per heavy atom. The van der Waals surface area contributed by atoms with Gasteiger partial charge < -0.3 is 10.2 Å². The maximum atomic E-state index is 13.0. The van der Waals surface area contributed by atoms with Crippen LogP contribution in [0, 0.1) is 0 Å². The van der Waals surface area contributed by atoms with Crippen molar-refractivity contribution in [3.63, 3.8) is 0 Å². The SMILES string of the molecule is CC(=O)CC(O)(O)C(F)(F)C(F)(F)C(F)(F)C(F)(F)F. The summed E-state index contributed by atoms with van der Waals surface area (Å²) in [5.41, 5.74) is 0. The van der Waals surface area contributed by atoms with Gasteiger partial charge in [-0.05, 0) is 6.92 Å². The van der Waals surface area contributed by atoms with Crippen molar-refractivity contribution in [3.8, 4) is 0 Å². The Morgan fingerprint density at radius 2 is 1.15 bits per heavy atom. The van der Waals surface area contributed by atoms with Crippen molar-refractivity contribution in [1.82, 2.24) is 0 Å². The average molecular weight is 322 g/mol. The van der Waals surface area contributed by atoms with E-state index in [2.05, 4.69) is 0 Å². The van der Waals surface area contributed by atoms with E-state index in [9.17, 15) is 44.3 Å². The molecule has 0 rings (SSSR count). The number of hydrogen-bond donors (Lipinski definition) is 2. The van der Waals surface area contributed by atoms with Crippen LogP contribution in [0.4, 0.5) is 39.5 Å². The molecular weight excluding hydrogens is 315 g/mol. The van der Waals surface area contributed by atoms with Crippen molar-refractivity contribution < 1.29 is 54.5 Å². The monoisotopic (exact) mass is 322 g/mol. The van der Waals surface area contributed by atoms with E-state index in [-0.39, 0.29) is 0 Å². The Balaban J connectivity index is 5.86. The van der Waals surface area contributed by atoms with Crippen molar-refractivity contribution >= 4 is 5.78 Å². The Kier molecular flexibility index (Phi) is 4.51. The third-order valence-corrected chi connectivity index (χ3v) is 2.14. The van der Waals surface area contributed by atoms with Crippen LogP contribution in [0.15, 0.2) is 0 Å². The molecule has 0 aromatic heterocycles. The second-order valence-corrected chi connectivity index (χ2v) is 3.92. The summed E-state index contributed by atoms with van der Waals surface area (Å²) >= 11 is 0. The van der Waals surface area contributed by atoms with E-state index in [4.69, 9.17) is 10.2 Å². The van der Waals surface area contributed by atoms with Crippen LogP contribution < -0.4 is 0 Å². The molecule has 120 valence electrons. The summed E-state index contributed by atoms with van der Waals surface area (Å²) in [4.78, 5) is 10.4. The third-order valence-electron chi connectivity index (χ3n) is 2.14. The van der Waals surface area contributed by atoms with Crippen LogP contribution >= 0.6 is 0 Å². The van der Waals surface area contributed by atoms with E-state index in [0.717, 1.165) is 0 Å². The summed E-state index contributed by atoms with van der Waals surface area (Å²) in [5, 5.41) is 17.2. The van der Waals surface area contributed by atoms with E-state index < -0.39 is 41.9 Å². The molecule has 0 fully saturated rings. The molecule has 0 aliphatic heterocycles. The first kappa shape index (κ1) is 19.0. The molecule has 20 heavy (non-hydrogen) atoms. The molecule has 0 bridgehead atoms. The van der Waals surface area contributed by atoms with E-state index in [1.807, 2.05) is 0 Å². The summed E-state index contributed by atoms with van der Waals surface area (Å²) in [6.07, 6.45) is -9.25. The van der Waals surface area contributed by atoms with Gasteiger partial charge in [-0.3, -0.25) is 4.79 Å². The molecule has 0 amide bonds. The van der Waals surface area contributed by atoms with Crippen molar-refractivity contribution in [2.75, 3.05) is 0 Å². The van der Waals surface area contributed by atoms with Gasteiger partial charge in [0.1, 0.15) is 5.78 Å². The van der Waals surface area contributed by atoms with Crippen LogP contribution in [-0.4, -0.2) is 45.7 Å². The van der Waals surface area contributed by atoms with Gasteiger partial charge in [-0.25, -0.2) is 0 Å². The summed E-state index contributed by atoms with van der Waals surface area (Å²) < 4.78 is 111. The number of carbonyl (C=O) groups excluding carboxylic acids is 1. The number of carbonyl (C=O) groups is 1. The standard InChI is InChI=1S/C8H7F9O3/c1-3(18)2-4(19,20)5(9,10)6(11,12)7(13,14)8(15,16)17/h19-20H,2H2,1H3. The molecule has 0 saturated carbocycles. The third kappa shape index (κ3) is 2.71. The van der Waals surface area contributed by atoms with E-state index in [0.29, 0.717) is 6.92 Å². The predicted octanol–water partition coefficient (Wildman–Crippen LogP) is 2.11. The first-order valence-electron chi connectivity index (χ1n) is 4.56. The molecule has 0 unspecified atom stereocenters. The lowest BCUT2D eigenvalue weighted by molar-refractivity contribution is -0.439. The van der Waals surface area contributed by atoms with Gasteiger partial charge in [0.25, 0.3) is 0 Å². The summed E-state index contributed by atoms with van der Waals surface area (Å²) in [5.74, 6) is -27.7. The predicted molar refractivity (Wildman–Crippen MR) is 43.4 cm³/mol. The quantitative estimate of drug-likeness (QED) is 0.602. The van der Waals surface area contributed by atoms with Crippen LogP contribution in [-0.2, 0) is 4.79 Å². The highest BCUT2D eigenvalue weighted by Crippen LogP contribution is 2.56. The highest BCUT2D eigenvalue weighted by Gasteiger charge is 2.85. The normalized spacial score (nSPS) is 15.4. The second kappa shape index (κ2) is 4.76. The van der Waals surface area contributed by atoms with Gasteiger partial charge in [0, 0.05) is 0 Å². The number of Topliss-reactive ketones (excluding diaryl/α,β-unsaturated/α-hetero) is 1. The fourth-order valence-electron chi connectivity index (χ4n) is 1.08. The van der Waals surface area contributed by atoms with Gasteiger partial charge >= 0.3 is 23.9 Å². The summed E-state index contributed by atoms with van der Waals surface area (Å²) in [6, 6.07) is 0. The second-order valence-electron chi connectivity index (χ2n) is 3.92. The van der Waals surface area contributed by atoms with Gasteiger partial charge in [0.15, 0.2) is 0 Å². The first-order valence-corrected chi connectivity index (χ1v) is 4.56. The zero-order valence-corrected chi connectivity index (χ0v) is 9.41. The molecule has 0 radical (unpaired) electrons. The highest BCUT2D eigenvalue weighted by atomic mass is 19.4. The maximum Gasteiger partial charge on any atom is 0.460 e. The lowest BCUT2D eigenvalue weighted by Crippen LogP contribution is -2.68. The molecule has 12 heteroatoms. The Labute approximate surface area is 105 Å². The van der Waals surface area contributed by atoms with Gasteiger partial charge in [-0.2, -0.15) is 39.5 Å². The van der Waals surface area contributed by atoms with Crippen LogP contribution in [0.1, 0.15) is 13.3 Å². The van der Waals surface area contributed by atoms with Gasteiger partial charge in [0.2, 0.25) is 5.79 Å². The van der Waals surface area contributed by atoms with Crippen molar-refractivity contribution in [1.29, 1.82) is 0 Å². The minimum Gasteiger partial charge on any atom is -0.360 e. The lowest BCUT2D eigenvalue weighted by atomic mass is 9.93. The smallest absolute Gasteiger partial charge is 0.360 e. The van der Waals surface area contributed by atoms with Crippen LogP contribution in [0.25, 0.3) is 0 Å². The van der Waals surface area contributed by atoms with E-state index >= 15 is 0 Å². The van der Waals surface area contributed by atoms with Gasteiger partial charge in [0.05, 0.1) is 6.42 Å². The number of rotatable bonds is 5. The Hall–Kier alpha value is -1.04. The lowest BCUT2D eigenvalue weighted by Gasteiger charge is -2.39. The highest BCUT2D eigenvalue weighted by molar-refractivity contribution is 5.76. The molecule has 0 aromatic carbocycles. The van der Waals surface area contributed by atoms with E-state index in [1.54, 1.807) is 0 Å². The van der Waals surface area contributed by atoms with Crippen molar-refractivity contribution in [2.45, 2.75) is 43.1 Å². The zero-order valence-electron chi connectivity index (χ0n) is 9.41. The van der Waals surface area contributed by atoms with Gasteiger partial charge in [-0.15, -0.1) is 0 Å². The summed E-state index contributed by atoms with van der Waals surface area (Å²) in [7, 11) is 0. The van der Waals surface area contributed by atoms with Crippen molar-refractivity contribution in [2.24, 2.45) is 0 Å². The van der Waals surface area contributed by atoms with E-state index in [1.165, 1.54) is 0 Å². The minimum atomic E-state index is -7.25. The fraction of sp³-hybridized carbons (Fsp3) is 0.875. The topological polar surface area (TPSA) is 57.5 Å². The average Bonchev–Trinajstić information content (AvgIpc) is 2.12. The van der Waals surface area contributed by atoms with Crippen LogP contribution in [0.2, 0.25) is 0 Å². The molecule has 0 atom stereocenters. The van der Waals surface area contributed by atoms with Crippen molar-refractivity contribution in [3.05, 3.63) is 0 Å². The minimum absolute atomic E-state index is 0.400. The fourth-order valence-corrected chi connectivity index (χ4v) is 1.08.